The number of aliphatic hydroxyl groups is 2. The van der Waals surface area contributed by atoms with Crippen LogP contribution in [0.5, 0.6) is 0 Å². The van der Waals surface area contributed by atoms with Crippen LogP contribution in [0.15, 0.2) is 0 Å². The van der Waals surface area contributed by atoms with Crippen LogP contribution < -0.4 is 0 Å². The number of cyclic esters (lactones) is 2. The molecule has 152 valence electrons. The fourth-order valence-corrected chi connectivity index (χ4v) is 3.32. The van der Waals surface area contributed by atoms with Crippen molar-refractivity contribution in [3.8, 4) is 0 Å². The monoisotopic (exact) mass is 372 g/mol. The predicted octanol–water partition coefficient (Wildman–Crippen LogP) is 3.27. The minimum absolute atomic E-state index is 0.109. The molecule has 4 atom stereocenters. The quantitative estimate of drug-likeness (QED) is 0.502. The molecule has 6 heteroatoms. The molecule has 0 spiro atoms. The summed E-state index contributed by atoms with van der Waals surface area (Å²) >= 11 is 0. The van der Waals surface area contributed by atoms with E-state index >= 15 is 0 Å². The standard InChI is InChI=1S/C20H36O6/c1-3-5-7-9-17-11-15(21)13-20(24)26-18(10-8-6-4-2)12-16(22)14-19(23)25-17/h15-18,21-22H,3-14H2,1-2H3/t15-,16-,17+,18?/m0/s1. The molecule has 0 aromatic carbocycles. The first-order valence-corrected chi connectivity index (χ1v) is 10.2. The molecule has 0 bridgehead atoms. The van der Waals surface area contributed by atoms with Crippen molar-refractivity contribution >= 4 is 11.9 Å². The lowest BCUT2D eigenvalue weighted by Crippen LogP contribution is -2.32. The van der Waals surface area contributed by atoms with Crippen molar-refractivity contribution in [3.05, 3.63) is 0 Å². The summed E-state index contributed by atoms with van der Waals surface area (Å²) in [7, 11) is 0. The van der Waals surface area contributed by atoms with E-state index in [0.717, 1.165) is 38.5 Å². The fraction of sp³-hybridized carbons (Fsp3) is 0.900. The average Bonchev–Trinajstić information content (AvgIpc) is 2.53. The molecule has 1 heterocycles. The smallest absolute Gasteiger partial charge is 0.308 e. The van der Waals surface area contributed by atoms with Crippen molar-refractivity contribution in [3.63, 3.8) is 0 Å². The summed E-state index contributed by atoms with van der Waals surface area (Å²) in [6.07, 6.45) is 4.85. The fourth-order valence-electron chi connectivity index (χ4n) is 3.32. The van der Waals surface area contributed by atoms with Gasteiger partial charge in [0.2, 0.25) is 0 Å². The number of hydrogen-bond donors (Lipinski definition) is 2. The van der Waals surface area contributed by atoms with Gasteiger partial charge in [-0.25, -0.2) is 0 Å². The number of carbonyl (C=O) groups is 2. The zero-order valence-electron chi connectivity index (χ0n) is 16.3. The highest BCUT2D eigenvalue weighted by molar-refractivity contribution is 5.71. The second-order valence-corrected chi connectivity index (χ2v) is 7.40. The summed E-state index contributed by atoms with van der Waals surface area (Å²) in [5.74, 6) is -0.907. The van der Waals surface area contributed by atoms with Gasteiger partial charge in [0.05, 0.1) is 25.0 Å². The second kappa shape index (κ2) is 13.1. The van der Waals surface area contributed by atoms with Gasteiger partial charge in [0.1, 0.15) is 12.2 Å². The molecule has 2 N–H and O–H groups in total. The van der Waals surface area contributed by atoms with E-state index in [1.54, 1.807) is 0 Å². The summed E-state index contributed by atoms with van der Waals surface area (Å²) in [6.45, 7) is 4.18. The Kier molecular flexibility index (Phi) is 11.5. The minimum Gasteiger partial charge on any atom is -0.462 e. The molecule has 1 rings (SSSR count). The van der Waals surface area contributed by atoms with Crippen molar-refractivity contribution < 1.29 is 29.3 Å². The topological polar surface area (TPSA) is 93.1 Å². The van der Waals surface area contributed by atoms with Crippen molar-refractivity contribution in [1.29, 1.82) is 0 Å². The summed E-state index contributed by atoms with van der Waals surface area (Å²) < 4.78 is 10.9. The zero-order chi connectivity index (χ0) is 19.4. The number of esters is 2. The highest BCUT2D eigenvalue weighted by atomic mass is 16.6. The van der Waals surface area contributed by atoms with Gasteiger partial charge in [0, 0.05) is 12.8 Å². The van der Waals surface area contributed by atoms with Crippen LogP contribution in [0.3, 0.4) is 0 Å². The van der Waals surface area contributed by atoms with Gasteiger partial charge in [0.25, 0.3) is 0 Å². The van der Waals surface area contributed by atoms with E-state index in [4.69, 9.17) is 9.47 Å². The number of unbranched alkanes of at least 4 members (excludes halogenated alkanes) is 4. The molecular formula is C20H36O6. The predicted molar refractivity (Wildman–Crippen MR) is 98.5 cm³/mol. The summed E-state index contributed by atoms with van der Waals surface area (Å²) in [6, 6.07) is 0. The molecular weight excluding hydrogens is 336 g/mol. The van der Waals surface area contributed by atoms with Crippen LogP contribution in [0.1, 0.15) is 90.9 Å². The lowest BCUT2D eigenvalue weighted by Gasteiger charge is -2.25. The normalized spacial score (nSPS) is 28.6. The van der Waals surface area contributed by atoms with E-state index < -0.39 is 36.4 Å². The Labute approximate surface area is 157 Å². The molecule has 1 aliphatic heterocycles. The van der Waals surface area contributed by atoms with Gasteiger partial charge in [-0.2, -0.15) is 0 Å². The van der Waals surface area contributed by atoms with Crippen LogP contribution in [-0.2, 0) is 19.1 Å². The van der Waals surface area contributed by atoms with Crippen molar-refractivity contribution in [2.24, 2.45) is 0 Å². The van der Waals surface area contributed by atoms with Gasteiger partial charge in [0.15, 0.2) is 0 Å². The van der Waals surface area contributed by atoms with Crippen LogP contribution in [-0.4, -0.2) is 46.6 Å². The van der Waals surface area contributed by atoms with Gasteiger partial charge in [-0.3, -0.25) is 9.59 Å². The Bertz CT molecular complexity index is 373. The van der Waals surface area contributed by atoms with Gasteiger partial charge >= 0.3 is 11.9 Å². The number of rotatable bonds is 8. The van der Waals surface area contributed by atoms with E-state index in [2.05, 4.69) is 13.8 Å². The third-order valence-electron chi connectivity index (χ3n) is 4.73. The molecule has 1 aliphatic rings. The first-order valence-electron chi connectivity index (χ1n) is 10.2. The molecule has 0 aromatic rings. The van der Waals surface area contributed by atoms with Crippen molar-refractivity contribution in [2.75, 3.05) is 0 Å². The van der Waals surface area contributed by atoms with E-state index in [9.17, 15) is 19.8 Å². The Morgan fingerprint density at radius 3 is 1.50 bits per heavy atom. The largest absolute Gasteiger partial charge is 0.462 e. The first-order chi connectivity index (χ1) is 12.4. The molecule has 26 heavy (non-hydrogen) atoms. The Morgan fingerprint density at radius 1 is 0.769 bits per heavy atom. The Balaban J connectivity index is 2.70. The highest BCUT2D eigenvalue weighted by Crippen LogP contribution is 2.20. The minimum atomic E-state index is -0.887. The SMILES string of the molecule is CCCCCC1C[C@H](O)CC(=O)O[C@H](CCCCC)C[C@H](O)CC(=O)O1. The molecule has 0 aromatic heterocycles. The van der Waals surface area contributed by atoms with Crippen molar-refractivity contribution in [1.82, 2.24) is 0 Å². The van der Waals surface area contributed by atoms with E-state index in [1.807, 2.05) is 0 Å². The third-order valence-corrected chi connectivity index (χ3v) is 4.73. The van der Waals surface area contributed by atoms with Gasteiger partial charge in [-0.1, -0.05) is 39.5 Å². The lowest BCUT2D eigenvalue weighted by atomic mass is 10.0. The second-order valence-electron chi connectivity index (χ2n) is 7.40. The van der Waals surface area contributed by atoms with Crippen LogP contribution in [0.2, 0.25) is 0 Å². The van der Waals surface area contributed by atoms with Crippen LogP contribution in [0.25, 0.3) is 0 Å². The van der Waals surface area contributed by atoms with Crippen LogP contribution in [0.4, 0.5) is 0 Å². The first kappa shape index (κ1) is 22.9. The summed E-state index contributed by atoms with van der Waals surface area (Å²) in [4.78, 5) is 24.2. The maximum Gasteiger partial charge on any atom is 0.308 e. The van der Waals surface area contributed by atoms with Crippen LogP contribution in [0, 0.1) is 0 Å². The molecule has 0 aliphatic carbocycles. The molecule has 1 saturated heterocycles. The number of carbonyl (C=O) groups excluding carboxylic acids is 2. The molecule has 0 saturated carbocycles. The molecule has 1 fully saturated rings. The molecule has 6 nitrogen and oxygen atoms in total. The lowest BCUT2D eigenvalue weighted by molar-refractivity contribution is -0.159. The molecule has 0 radical (unpaired) electrons. The number of aliphatic hydroxyl groups excluding tert-OH is 2. The molecule has 0 amide bonds. The number of hydrogen-bond acceptors (Lipinski definition) is 6. The van der Waals surface area contributed by atoms with E-state index in [1.165, 1.54) is 0 Å². The van der Waals surface area contributed by atoms with Gasteiger partial charge in [-0.05, 0) is 25.7 Å². The Hall–Kier alpha value is -1.14. The summed E-state index contributed by atoms with van der Waals surface area (Å²) in [5, 5.41) is 20.4. The maximum absolute atomic E-state index is 12.1. The third kappa shape index (κ3) is 10.1. The zero-order valence-corrected chi connectivity index (χ0v) is 16.3. The van der Waals surface area contributed by atoms with E-state index in [-0.39, 0.29) is 25.7 Å². The Morgan fingerprint density at radius 2 is 1.15 bits per heavy atom. The van der Waals surface area contributed by atoms with Gasteiger partial charge < -0.3 is 19.7 Å². The summed E-state index contributed by atoms with van der Waals surface area (Å²) in [5.41, 5.74) is 0. The van der Waals surface area contributed by atoms with E-state index in [0.29, 0.717) is 12.8 Å². The van der Waals surface area contributed by atoms with Gasteiger partial charge in [-0.15, -0.1) is 0 Å². The molecule has 1 unspecified atom stereocenters. The highest BCUT2D eigenvalue weighted by Gasteiger charge is 2.27. The maximum atomic E-state index is 12.1. The van der Waals surface area contributed by atoms with Crippen LogP contribution >= 0.6 is 0 Å². The van der Waals surface area contributed by atoms with Crippen molar-refractivity contribution in [2.45, 2.75) is 115 Å². The number of ether oxygens (including phenoxy) is 2. The average molecular weight is 373 g/mol.